The molecule has 0 amide bonds. The maximum atomic E-state index is 12.8. The second-order valence-electron chi connectivity index (χ2n) is 2.23. The van der Waals surface area contributed by atoms with E-state index in [1.165, 1.54) is 18.2 Å². The van der Waals surface area contributed by atoms with Crippen molar-refractivity contribution in [1.29, 1.82) is 0 Å². The van der Waals surface area contributed by atoms with Gasteiger partial charge in [-0.2, -0.15) is 8.78 Å². The van der Waals surface area contributed by atoms with Crippen LogP contribution in [0.5, 0.6) is 0 Å². The Hall–Kier alpha value is -0.480. The van der Waals surface area contributed by atoms with E-state index in [9.17, 15) is 8.78 Å². The van der Waals surface area contributed by atoms with Crippen LogP contribution in [0.1, 0.15) is 5.56 Å². The Bertz CT molecular complexity index is 276. The van der Waals surface area contributed by atoms with E-state index in [1.54, 1.807) is 6.07 Å². The highest BCUT2D eigenvalue weighted by Crippen LogP contribution is 2.29. The van der Waals surface area contributed by atoms with E-state index in [0.717, 1.165) is 7.11 Å². The first-order valence-corrected chi connectivity index (χ1v) is 4.04. The average Bonchev–Trinajstić information content (AvgIpc) is 2.05. The maximum absolute atomic E-state index is 12.8. The van der Waals surface area contributed by atoms with Crippen molar-refractivity contribution >= 4 is 15.9 Å². The molecule has 0 radical (unpaired) electrons. The largest absolute Gasteiger partial charge is 0.383 e. The summed E-state index contributed by atoms with van der Waals surface area (Å²) in [5, 5.41) is 0. The van der Waals surface area contributed by atoms with Crippen LogP contribution < -0.4 is 0 Å². The molecule has 0 bridgehead atoms. The van der Waals surface area contributed by atoms with Crippen molar-refractivity contribution < 1.29 is 13.5 Å². The Balaban J connectivity index is 3.03. The molecule has 0 atom stereocenters. The molecule has 0 aliphatic rings. The molecule has 12 heavy (non-hydrogen) atoms. The Morgan fingerprint density at radius 1 is 1.42 bits per heavy atom. The van der Waals surface area contributed by atoms with Crippen LogP contribution in [0, 0.1) is 0 Å². The number of halogens is 3. The zero-order valence-corrected chi connectivity index (χ0v) is 7.94. The van der Waals surface area contributed by atoms with Crippen molar-refractivity contribution in [3.05, 3.63) is 34.3 Å². The second kappa shape index (κ2) is 3.49. The van der Waals surface area contributed by atoms with Gasteiger partial charge in [0.25, 0.3) is 0 Å². The van der Waals surface area contributed by atoms with Gasteiger partial charge < -0.3 is 4.74 Å². The molecule has 0 saturated heterocycles. The Labute approximate surface area is 77.5 Å². The van der Waals surface area contributed by atoms with Gasteiger partial charge in [0.2, 0.25) is 0 Å². The van der Waals surface area contributed by atoms with Crippen molar-refractivity contribution in [2.24, 2.45) is 0 Å². The minimum atomic E-state index is -3.20. The Morgan fingerprint density at radius 3 is 2.58 bits per heavy atom. The van der Waals surface area contributed by atoms with Crippen LogP contribution in [0.15, 0.2) is 28.7 Å². The molecular weight excluding hydrogens is 230 g/mol. The zero-order valence-electron chi connectivity index (χ0n) is 6.35. The summed E-state index contributed by atoms with van der Waals surface area (Å²) < 4.78 is 30.3. The molecule has 0 aliphatic carbocycles. The molecule has 66 valence electrons. The number of methoxy groups -OCH3 is 1. The van der Waals surface area contributed by atoms with Gasteiger partial charge in [0.15, 0.2) is 0 Å². The fourth-order valence-corrected chi connectivity index (χ4v) is 1.19. The monoisotopic (exact) mass is 236 g/mol. The minimum Gasteiger partial charge on any atom is -0.320 e. The summed E-state index contributed by atoms with van der Waals surface area (Å²) in [7, 11) is 0.973. The van der Waals surface area contributed by atoms with Crippen LogP contribution in [0.4, 0.5) is 8.78 Å². The molecule has 0 aliphatic heterocycles. The number of ether oxygens (including phenoxy) is 1. The molecule has 0 fully saturated rings. The molecule has 0 aromatic heterocycles. The van der Waals surface area contributed by atoms with E-state index >= 15 is 0 Å². The predicted octanol–water partition coefficient (Wildman–Crippen LogP) is 3.14. The molecule has 1 rings (SSSR count). The summed E-state index contributed by atoms with van der Waals surface area (Å²) in [5.74, 6) is 0. The van der Waals surface area contributed by atoms with Crippen LogP contribution in [-0.2, 0) is 10.8 Å². The normalized spacial score (nSPS) is 11.7. The molecular formula is C8H7BrF2O. The lowest BCUT2D eigenvalue weighted by atomic mass is 10.2. The van der Waals surface area contributed by atoms with E-state index in [0.29, 0.717) is 4.47 Å². The van der Waals surface area contributed by atoms with E-state index in [2.05, 4.69) is 20.7 Å². The smallest absolute Gasteiger partial charge is 0.320 e. The van der Waals surface area contributed by atoms with Crippen LogP contribution >= 0.6 is 15.9 Å². The van der Waals surface area contributed by atoms with Gasteiger partial charge in [-0.25, -0.2) is 0 Å². The summed E-state index contributed by atoms with van der Waals surface area (Å²) in [4.78, 5) is 0. The standard InChI is InChI=1S/C8H7BrF2O/c1-12-8(10,11)6-3-2-4-7(9)5-6/h2-5H,1H3. The highest BCUT2D eigenvalue weighted by molar-refractivity contribution is 9.10. The summed E-state index contributed by atoms with van der Waals surface area (Å²) in [6.07, 6.45) is -3.20. The van der Waals surface area contributed by atoms with E-state index in [1.807, 2.05) is 0 Å². The van der Waals surface area contributed by atoms with Gasteiger partial charge in [0.05, 0.1) is 5.56 Å². The first kappa shape index (κ1) is 9.61. The molecule has 0 spiro atoms. The van der Waals surface area contributed by atoms with Crippen LogP contribution in [-0.4, -0.2) is 7.11 Å². The number of alkyl halides is 2. The topological polar surface area (TPSA) is 9.23 Å². The second-order valence-corrected chi connectivity index (χ2v) is 3.15. The molecule has 1 aromatic carbocycles. The molecule has 0 heterocycles. The zero-order chi connectivity index (χ0) is 9.19. The SMILES string of the molecule is COC(F)(F)c1cccc(Br)c1. The van der Waals surface area contributed by atoms with Crippen LogP contribution in [0.2, 0.25) is 0 Å². The van der Waals surface area contributed by atoms with Gasteiger partial charge in [-0.15, -0.1) is 0 Å². The van der Waals surface area contributed by atoms with Gasteiger partial charge in [0.1, 0.15) is 0 Å². The lowest BCUT2D eigenvalue weighted by molar-refractivity contribution is -0.231. The van der Waals surface area contributed by atoms with Crippen molar-refractivity contribution in [3.8, 4) is 0 Å². The summed E-state index contributed by atoms with van der Waals surface area (Å²) >= 11 is 3.09. The molecule has 0 unspecified atom stereocenters. The van der Waals surface area contributed by atoms with Crippen molar-refractivity contribution in [2.75, 3.05) is 7.11 Å². The third-order valence-electron chi connectivity index (χ3n) is 1.42. The van der Waals surface area contributed by atoms with E-state index in [-0.39, 0.29) is 5.56 Å². The summed E-state index contributed by atoms with van der Waals surface area (Å²) in [6.45, 7) is 0. The van der Waals surface area contributed by atoms with Gasteiger partial charge in [0, 0.05) is 11.6 Å². The van der Waals surface area contributed by atoms with Gasteiger partial charge in [-0.3, -0.25) is 0 Å². The van der Waals surface area contributed by atoms with Gasteiger partial charge in [-0.1, -0.05) is 28.1 Å². The van der Waals surface area contributed by atoms with Crippen molar-refractivity contribution in [2.45, 2.75) is 6.11 Å². The quantitative estimate of drug-likeness (QED) is 0.767. The van der Waals surface area contributed by atoms with Crippen LogP contribution in [0.25, 0.3) is 0 Å². The number of hydrogen-bond donors (Lipinski definition) is 0. The van der Waals surface area contributed by atoms with Crippen molar-refractivity contribution in [1.82, 2.24) is 0 Å². The summed E-state index contributed by atoms with van der Waals surface area (Å²) in [6, 6.07) is 5.85. The highest BCUT2D eigenvalue weighted by Gasteiger charge is 2.30. The molecule has 0 saturated carbocycles. The predicted molar refractivity (Wildman–Crippen MR) is 45.0 cm³/mol. The van der Waals surface area contributed by atoms with Gasteiger partial charge >= 0.3 is 6.11 Å². The first-order chi connectivity index (χ1) is 5.56. The van der Waals surface area contributed by atoms with Gasteiger partial charge in [-0.05, 0) is 12.1 Å². The molecule has 1 aromatic rings. The Morgan fingerprint density at radius 2 is 2.08 bits per heavy atom. The van der Waals surface area contributed by atoms with Crippen LogP contribution in [0.3, 0.4) is 0 Å². The fourth-order valence-electron chi connectivity index (χ4n) is 0.787. The number of benzene rings is 1. The Kier molecular flexibility index (Phi) is 2.80. The molecule has 1 nitrogen and oxygen atoms in total. The first-order valence-electron chi connectivity index (χ1n) is 3.25. The minimum absolute atomic E-state index is 0.153. The fraction of sp³-hybridized carbons (Fsp3) is 0.250. The third-order valence-corrected chi connectivity index (χ3v) is 1.91. The lowest BCUT2D eigenvalue weighted by Gasteiger charge is -2.13. The number of hydrogen-bond acceptors (Lipinski definition) is 1. The van der Waals surface area contributed by atoms with E-state index in [4.69, 9.17) is 0 Å². The highest BCUT2D eigenvalue weighted by atomic mass is 79.9. The third kappa shape index (κ3) is 2.01. The van der Waals surface area contributed by atoms with E-state index < -0.39 is 6.11 Å². The summed E-state index contributed by atoms with van der Waals surface area (Å²) in [5.41, 5.74) is -0.153. The van der Waals surface area contributed by atoms with Crippen molar-refractivity contribution in [3.63, 3.8) is 0 Å². The lowest BCUT2D eigenvalue weighted by Crippen LogP contribution is -2.15. The molecule has 4 heteroatoms. The maximum Gasteiger partial charge on any atom is 0.383 e. The molecule has 0 N–H and O–H groups in total. The average molecular weight is 237 g/mol. The number of rotatable bonds is 2.